The van der Waals surface area contributed by atoms with Crippen LogP contribution in [0.4, 0.5) is 10.5 Å². The monoisotopic (exact) mass is 382 g/mol. The smallest absolute Gasteiger partial charge is 0.321 e. The molecule has 5 rings (SSSR count). The fraction of sp³-hybridized carbons (Fsp3) is 0.381. The fourth-order valence-electron chi connectivity index (χ4n) is 3.89. The second-order valence-electron chi connectivity index (χ2n) is 7.46. The number of benzene rings is 2. The molecule has 1 fully saturated rings. The maximum absolute atomic E-state index is 12.6. The minimum absolute atomic E-state index is 0.202. The van der Waals surface area contributed by atoms with Crippen LogP contribution in [0.1, 0.15) is 31.2 Å². The molecule has 7 nitrogen and oxygen atoms in total. The van der Waals surface area contributed by atoms with Crippen LogP contribution in [0.3, 0.4) is 0 Å². The largest absolute Gasteiger partial charge is 0.454 e. The van der Waals surface area contributed by atoms with Gasteiger partial charge >= 0.3 is 6.03 Å². The number of urea groups is 1. The molecule has 0 bridgehead atoms. The molecule has 0 atom stereocenters. The third-order valence-electron chi connectivity index (χ3n) is 5.36. The molecule has 2 amide bonds. The van der Waals surface area contributed by atoms with Gasteiger partial charge in [0.25, 0.3) is 5.79 Å². The van der Waals surface area contributed by atoms with Crippen LogP contribution < -0.4 is 24.3 Å². The predicted octanol–water partition coefficient (Wildman–Crippen LogP) is 4.12. The van der Waals surface area contributed by atoms with Crippen LogP contribution >= 0.6 is 0 Å². The molecule has 1 N–H and O–H groups in total. The predicted molar refractivity (Wildman–Crippen MR) is 102 cm³/mol. The van der Waals surface area contributed by atoms with Gasteiger partial charge in [0.2, 0.25) is 6.79 Å². The van der Waals surface area contributed by atoms with Crippen LogP contribution in [-0.2, 0) is 6.54 Å². The summed E-state index contributed by atoms with van der Waals surface area (Å²) in [6.07, 6.45) is 4.04. The Hall–Kier alpha value is -3.09. The molecule has 28 heavy (non-hydrogen) atoms. The van der Waals surface area contributed by atoms with Crippen LogP contribution in [0, 0.1) is 0 Å². The summed E-state index contributed by atoms with van der Waals surface area (Å²) < 4.78 is 22.8. The zero-order chi connectivity index (χ0) is 19.1. The van der Waals surface area contributed by atoms with E-state index in [-0.39, 0.29) is 12.8 Å². The lowest BCUT2D eigenvalue weighted by Crippen LogP contribution is -2.34. The van der Waals surface area contributed by atoms with Crippen molar-refractivity contribution >= 4 is 11.7 Å². The maximum atomic E-state index is 12.6. The van der Waals surface area contributed by atoms with Crippen LogP contribution in [0.2, 0.25) is 0 Å². The molecule has 0 unspecified atom stereocenters. The Bertz CT molecular complexity index is 923. The van der Waals surface area contributed by atoms with Crippen LogP contribution in [0.15, 0.2) is 36.4 Å². The number of ether oxygens (including phenoxy) is 4. The number of hydrogen-bond acceptors (Lipinski definition) is 5. The van der Waals surface area contributed by atoms with E-state index in [2.05, 4.69) is 5.32 Å². The molecule has 2 aromatic rings. The Kier molecular flexibility index (Phi) is 3.96. The molecular weight excluding hydrogens is 360 g/mol. The highest BCUT2D eigenvalue weighted by atomic mass is 16.7. The lowest BCUT2D eigenvalue weighted by molar-refractivity contribution is -0.0716. The standard InChI is InChI=1S/C21H22N2O5/c1-23(12-14-4-6-16-18(10-14)26-13-25-16)20(24)22-15-5-7-17-19(11-15)28-21(27-17)8-2-3-9-21/h4-7,10-11H,2-3,8-9,12-13H2,1H3,(H,22,24). The van der Waals surface area contributed by atoms with E-state index in [4.69, 9.17) is 18.9 Å². The number of carbonyl (C=O) groups excluding carboxylic acids is 1. The first kappa shape index (κ1) is 17.0. The highest BCUT2D eigenvalue weighted by molar-refractivity contribution is 5.89. The first-order chi connectivity index (χ1) is 13.6. The number of fused-ring (bicyclic) bond motifs is 2. The summed E-state index contributed by atoms with van der Waals surface area (Å²) >= 11 is 0. The molecule has 1 aliphatic carbocycles. The minimum atomic E-state index is -0.499. The van der Waals surface area contributed by atoms with Gasteiger partial charge in [-0.25, -0.2) is 4.79 Å². The third-order valence-corrected chi connectivity index (χ3v) is 5.36. The van der Waals surface area contributed by atoms with Crippen molar-refractivity contribution in [3.05, 3.63) is 42.0 Å². The second kappa shape index (κ2) is 6.51. The highest BCUT2D eigenvalue weighted by Crippen LogP contribution is 2.47. The normalized spacial score (nSPS) is 17.8. The average molecular weight is 382 g/mol. The Morgan fingerprint density at radius 3 is 2.61 bits per heavy atom. The van der Waals surface area contributed by atoms with Crippen molar-refractivity contribution < 1.29 is 23.7 Å². The van der Waals surface area contributed by atoms with E-state index in [0.29, 0.717) is 23.7 Å². The van der Waals surface area contributed by atoms with E-state index < -0.39 is 5.79 Å². The van der Waals surface area contributed by atoms with Crippen LogP contribution in [-0.4, -0.2) is 30.6 Å². The van der Waals surface area contributed by atoms with Crippen molar-refractivity contribution in [2.24, 2.45) is 0 Å². The van der Waals surface area contributed by atoms with Gasteiger partial charge in [-0.3, -0.25) is 0 Å². The summed E-state index contributed by atoms with van der Waals surface area (Å²) in [6, 6.07) is 11.0. The van der Waals surface area contributed by atoms with Gasteiger partial charge < -0.3 is 29.2 Å². The molecule has 0 saturated heterocycles. The van der Waals surface area contributed by atoms with E-state index in [1.165, 1.54) is 0 Å². The Balaban J connectivity index is 1.23. The van der Waals surface area contributed by atoms with Gasteiger partial charge in [0.1, 0.15) is 0 Å². The fourth-order valence-corrected chi connectivity index (χ4v) is 3.89. The van der Waals surface area contributed by atoms with E-state index >= 15 is 0 Å². The molecule has 0 radical (unpaired) electrons. The van der Waals surface area contributed by atoms with Gasteiger partial charge in [-0.1, -0.05) is 6.07 Å². The SMILES string of the molecule is CN(Cc1ccc2c(c1)OCO2)C(=O)Nc1ccc2c(c1)OC1(CCCC1)O2. The number of hydrogen-bond donors (Lipinski definition) is 1. The molecule has 7 heteroatoms. The van der Waals surface area contributed by atoms with E-state index in [1.54, 1.807) is 11.9 Å². The third kappa shape index (κ3) is 3.06. The Morgan fingerprint density at radius 1 is 1.00 bits per heavy atom. The van der Waals surface area contributed by atoms with Gasteiger partial charge in [0, 0.05) is 38.2 Å². The molecule has 146 valence electrons. The van der Waals surface area contributed by atoms with Crippen molar-refractivity contribution in [1.29, 1.82) is 0 Å². The van der Waals surface area contributed by atoms with Crippen LogP contribution in [0.25, 0.3) is 0 Å². The second-order valence-corrected chi connectivity index (χ2v) is 7.46. The van der Waals surface area contributed by atoms with Crippen molar-refractivity contribution in [2.45, 2.75) is 38.0 Å². The Labute approximate surface area is 163 Å². The molecule has 2 aliphatic heterocycles. The molecule has 0 aromatic heterocycles. The number of nitrogens with zero attached hydrogens (tertiary/aromatic N) is 1. The van der Waals surface area contributed by atoms with Crippen molar-refractivity contribution in [2.75, 3.05) is 19.2 Å². The number of carbonyl (C=O) groups is 1. The van der Waals surface area contributed by atoms with Gasteiger partial charge in [0.15, 0.2) is 23.0 Å². The minimum Gasteiger partial charge on any atom is -0.454 e. The lowest BCUT2D eigenvalue weighted by atomic mass is 10.2. The van der Waals surface area contributed by atoms with E-state index in [9.17, 15) is 4.79 Å². The highest BCUT2D eigenvalue weighted by Gasteiger charge is 2.44. The number of amides is 2. The zero-order valence-corrected chi connectivity index (χ0v) is 15.7. The zero-order valence-electron chi connectivity index (χ0n) is 15.7. The van der Waals surface area contributed by atoms with E-state index in [0.717, 1.165) is 42.7 Å². The topological polar surface area (TPSA) is 69.3 Å². The Morgan fingerprint density at radius 2 is 1.75 bits per heavy atom. The molecule has 2 aromatic carbocycles. The van der Waals surface area contributed by atoms with Gasteiger partial charge in [0.05, 0.1) is 0 Å². The quantitative estimate of drug-likeness (QED) is 0.865. The molecule has 1 spiro atoms. The van der Waals surface area contributed by atoms with Gasteiger partial charge in [-0.05, 0) is 42.7 Å². The van der Waals surface area contributed by atoms with Gasteiger partial charge in [-0.15, -0.1) is 0 Å². The summed E-state index contributed by atoms with van der Waals surface area (Å²) in [5.41, 5.74) is 1.65. The summed E-state index contributed by atoms with van der Waals surface area (Å²) in [7, 11) is 1.75. The van der Waals surface area contributed by atoms with Crippen LogP contribution in [0.5, 0.6) is 23.0 Å². The summed E-state index contributed by atoms with van der Waals surface area (Å²) in [5.74, 6) is 2.38. The average Bonchev–Trinajstić information content (AvgIpc) is 3.40. The summed E-state index contributed by atoms with van der Waals surface area (Å²) in [6.45, 7) is 0.691. The first-order valence-corrected chi connectivity index (χ1v) is 9.53. The lowest BCUT2D eigenvalue weighted by Gasteiger charge is -2.21. The van der Waals surface area contributed by atoms with Crippen molar-refractivity contribution in [3.8, 4) is 23.0 Å². The number of anilines is 1. The maximum Gasteiger partial charge on any atom is 0.321 e. The summed E-state index contributed by atoms with van der Waals surface area (Å²) in [4.78, 5) is 14.2. The number of nitrogens with one attached hydrogen (secondary N) is 1. The number of rotatable bonds is 3. The van der Waals surface area contributed by atoms with Crippen molar-refractivity contribution in [1.82, 2.24) is 4.90 Å². The van der Waals surface area contributed by atoms with E-state index in [1.807, 2.05) is 36.4 Å². The molecule has 3 aliphatic rings. The molecular formula is C21H22N2O5. The first-order valence-electron chi connectivity index (χ1n) is 9.53. The molecule has 1 saturated carbocycles. The van der Waals surface area contributed by atoms with Crippen molar-refractivity contribution in [3.63, 3.8) is 0 Å². The molecule has 2 heterocycles. The summed E-state index contributed by atoms with van der Waals surface area (Å²) in [5, 5.41) is 2.92. The van der Waals surface area contributed by atoms with Gasteiger partial charge in [-0.2, -0.15) is 0 Å².